The van der Waals surface area contributed by atoms with Crippen LogP contribution in [0.2, 0.25) is 0 Å². The Labute approximate surface area is 382 Å². The average molecular weight is 888 g/mol. The molecular weight excluding hydrogens is 823 g/mol. The number of aliphatic hydroxyl groups excluding tert-OH is 1. The van der Waals surface area contributed by atoms with Crippen LogP contribution in [0.4, 0.5) is 0 Å². The minimum absolute atomic E-state index is 0.126. The van der Waals surface area contributed by atoms with Crippen molar-refractivity contribution in [3.63, 3.8) is 0 Å². The van der Waals surface area contributed by atoms with Crippen molar-refractivity contribution < 1.29 is 33.8 Å². The summed E-state index contributed by atoms with van der Waals surface area (Å²) in [7, 11) is 1.55. The molecule has 14 nitrogen and oxygen atoms in total. The summed E-state index contributed by atoms with van der Waals surface area (Å²) >= 11 is 0. The van der Waals surface area contributed by atoms with Gasteiger partial charge in [-0.3, -0.25) is 38.8 Å². The van der Waals surface area contributed by atoms with Crippen molar-refractivity contribution in [3.05, 3.63) is 137 Å². The number of hydrogen-bond acceptors (Lipinski definition) is 10. The van der Waals surface area contributed by atoms with Crippen molar-refractivity contribution in [2.45, 2.75) is 102 Å². The third-order valence-electron chi connectivity index (χ3n) is 12.0. The highest BCUT2D eigenvalue weighted by atomic mass is 16.5. The molecule has 1 aliphatic carbocycles. The molecule has 65 heavy (non-hydrogen) atoms. The van der Waals surface area contributed by atoms with Crippen LogP contribution in [0.25, 0.3) is 0 Å². The molecule has 4 aromatic rings. The van der Waals surface area contributed by atoms with Gasteiger partial charge in [-0.05, 0) is 99.0 Å². The first-order valence-corrected chi connectivity index (χ1v) is 22.8. The number of aliphatic hydroxyl groups is 1. The van der Waals surface area contributed by atoms with E-state index in [1.165, 1.54) is 0 Å². The number of benzene rings is 3. The van der Waals surface area contributed by atoms with Gasteiger partial charge >= 0.3 is 5.97 Å². The Kier molecular flexibility index (Phi) is 17.4. The summed E-state index contributed by atoms with van der Waals surface area (Å²) in [4.78, 5) is 75.5. The van der Waals surface area contributed by atoms with Crippen LogP contribution >= 0.6 is 0 Å². The quantitative estimate of drug-likeness (QED) is 0.0613. The molecule has 346 valence electrons. The molecule has 2 aliphatic rings. The maximum atomic E-state index is 14.5. The third kappa shape index (κ3) is 14.5. The first kappa shape index (κ1) is 48.5. The number of esters is 1. The maximum absolute atomic E-state index is 14.5. The van der Waals surface area contributed by atoms with Crippen molar-refractivity contribution in [1.29, 1.82) is 0 Å². The minimum Gasteiger partial charge on any atom is -0.461 e. The fraction of sp³-hybridized carbons (Fsp3) is 0.451. The third-order valence-corrected chi connectivity index (χ3v) is 12.0. The molecule has 0 unspecified atom stereocenters. The lowest BCUT2D eigenvalue weighted by Crippen LogP contribution is -2.62. The molecule has 3 aromatic carbocycles. The van der Waals surface area contributed by atoms with Gasteiger partial charge in [0.15, 0.2) is 0 Å². The Hall–Kier alpha value is -5.96. The topological polar surface area (TPSA) is 182 Å². The lowest BCUT2D eigenvalue weighted by atomic mass is 9.91. The molecule has 0 spiro atoms. The Morgan fingerprint density at radius 2 is 1.55 bits per heavy atom. The van der Waals surface area contributed by atoms with Crippen molar-refractivity contribution in [2.75, 3.05) is 39.8 Å². The van der Waals surface area contributed by atoms with Crippen LogP contribution in [0.5, 0.6) is 0 Å². The van der Waals surface area contributed by atoms with Crippen molar-refractivity contribution in [1.82, 2.24) is 36.1 Å². The molecule has 1 aromatic heterocycles. The fourth-order valence-electron chi connectivity index (χ4n) is 8.67. The van der Waals surface area contributed by atoms with Gasteiger partial charge in [0.25, 0.3) is 11.8 Å². The number of carbonyl (C=O) groups excluding carboxylic acids is 5. The average Bonchev–Trinajstić information content (AvgIpc) is 3.61. The van der Waals surface area contributed by atoms with Gasteiger partial charge in [0, 0.05) is 94.1 Å². The number of aromatic nitrogens is 1. The number of fused-ring (bicyclic) bond motifs is 1. The van der Waals surface area contributed by atoms with E-state index in [1.807, 2.05) is 93.7 Å². The minimum atomic E-state index is -0.775. The number of hydrogen-bond donors (Lipinski definition) is 5. The van der Waals surface area contributed by atoms with Crippen molar-refractivity contribution >= 4 is 29.6 Å². The van der Waals surface area contributed by atoms with Gasteiger partial charge in [0.1, 0.15) is 12.1 Å². The number of carbonyl (C=O) groups is 5. The van der Waals surface area contributed by atoms with E-state index in [4.69, 9.17) is 4.74 Å². The summed E-state index contributed by atoms with van der Waals surface area (Å²) in [5.41, 5.74) is 4.31. The Balaban J connectivity index is 1.16. The smallest absolute Gasteiger partial charge is 0.306 e. The first-order chi connectivity index (χ1) is 31.3. The number of pyridine rings is 1. The Morgan fingerprint density at radius 1 is 0.846 bits per heavy atom. The molecule has 0 bridgehead atoms. The zero-order valence-electron chi connectivity index (χ0n) is 38.1. The highest BCUT2D eigenvalue weighted by Crippen LogP contribution is 2.32. The second-order valence-electron chi connectivity index (χ2n) is 18.3. The molecule has 0 radical (unpaired) electrons. The van der Waals surface area contributed by atoms with Crippen LogP contribution < -0.4 is 21.3 Å². The van der Waals surface area contributed by atoms with E-state index in [0.717, 1.165) is 22.3 Å². The van der Waals surface area contributed by atoms with E-state index in [0.29, 0.717) is 76.0 Å². The summed E-state index contributed by atoms with van der Waals surface area (Å²) < 4.78 is 6.35. The molecule has 5 atom stereocenters. The van der Waals surface area contributed by atoms with Crippen LogP contribution in [-0.4, -0.2) is 113 Å². The number of ether oxygens (including phenoxy) is 1. The number of piperazine rings is 1. The van der Waals surface area contributed by atoms with Crippen molar-refractivity contribution in [3.8, 4) is 0 Å². The van der Waals surface area contributed by atoms with Gasteiger partial charge in [-0.15, -0.1) is 0 Å². The fourth-order valence-corrected chi connectivity index (χ4v) is 8.67. The summed E-state index contributed by atoms with van der Waals surface area (Å²) in [5, 5.41) is 22.9. The molecular formula is C51H65N7O7. The number of nitrogens with zero attached hydrogens (tertiary/aromatic N) is 3. The highest BCUT2D eigenvalue weighted by Gasteiger charge is 2.38. The summed E-state index contributed by atoms with van der Waals surface area (Å²) in [6.07, 6.45) is 5.03. The van der Waals surface area contributed by atoms with Crippen molar-refractivity contribution in [2.24, 2.45) is 5.92 Å². The SMILES string of the molecule is CNC(=O)c1ccc(C(=O)NCCCCCC(=O)O[C@@H](C[C@@H](Cc2ccccc2)C(=O)N[C@H]2c3ccccc3C[C@H]2O)CN2CCN(Cc3cccnc3)C[C@H]2C(=O)NC(C)(C)C)cc1. The monoisotopic (exact) mass is 887 g/mol. The van der Waals surface area contributed by atoms with Gasteiger partial charge in [0.2, 0.25) is 11.8 Å². The normalized spacial score (nSPS) is 18.4. The van der Waals surface area contributed by atoms with Gasteiger partial charge in [-0.2, -0.15) is 0 Å². The van der Waals surface area contributed by atoms with E-state index in [9.17, 15) is 29.1 Å². The van der Waals surface area contributed by atoms with Gasteiger partial charge in [-0.25, -0.2) is 0 Å². The molecule has 5 N–H and O–H groups in total. The molecule has 1 fully saturated rings. The molecule has 14 heteroatoms. The Morgan fingerprint density at radius 3 is 2.26 bits per heavy atom. The summed E-state index contributed by atoms with van der Waals surface area (Å²) in [5.74, 6) is -1.88. The molecule has 0 saturated carbocycles. The van der Waals surface area contributed by atoms with Crippen LogP contribution in [-0.2, 0) is 38.5 Å². The zero-order chi connectivity index (χ0) is 46.3. The van der Waals surface area contributed by atoms with Crippen LogP contribution in [0.3, 0.4) is 0 Å². The molecule has 1 aliphatic heterocycles. The lowest BCUT2D eigenvalue weighted by Gasteiger charge is -2.42. The maximum Gasteiger partial charge on any atom is 0.306 e. The standard InChI is InChI=1S/C51H65N7O7/c1-51(2,3)56-50(64)43-34-57(32-36-16-13-24-53-31-36)26-27-58(43)33-41(65-45(60)19-9-6-12-25-54-48(62)38-22-20-37(21-23-38)47(61)52-4)29-40(28-35-14-7-5-8-15-35)49(63)55-46-42-18-11-10-17-39(42)30-44(46)59/h5,7-8,10-11,13-18,20-24,31,40-41,43-44,46,59H,6,9,12,19,25-30,32-34H2,1-4H3,(H,52,61)(H,54,62)(H,55,63)(H,56,64)/t40-,41+,43+,44-,46+/m1/s1. The number of amides is 4. The van der Waals surface area contributed by atoms with Gasteiger partial charge in [-0.1, -0.05) is 67.1 Å². The molecule has 2 heterocycles. The number of unbranched alkanes of at least 4 members (excludes halogenated alkanes) is 2. The van der Waals surface area contributed by atoms with Crippen LogP contribution in [0.1, 0.15) is 102 Å². The molecule has 4 amide bonds. The molecule has 1 saturated heterocycles. The van der Waals surface area contributed by atoms with Gasteiger partial charge < -0.3 is 31.1 Å². The summed E-state index contributed by atoms with van der Waals surface area (Å²) in [6.45, 7) is 8.76. The van der Waals surface area contributed by atoms with E-state index < -0.39 is 41.7 Å². The predicted molar refractivity (Wildman–Crippen MR) is 249 cm³/mol. The Bertz CT molecular complexity index is 2200. The van der Waals surface area contributed by atoms with Gasteiger partial charge in [0.05, 0.1) is 12.1 Å². The predicted octanol–water partition coefficient (Wildman–Crippen LogP) is 4.77. The zero-order valence-corrected chi connectivity index (χ0v) is 38.1. The van der Waals surface area contributed by atoms with E-state index in [1.54, 1.807) is 37.5 Å². The highest BCUT2D eigenvalue weighted by molar-refractivity contribution is 5.97. The lowest BCUT2D eigenvalue weighted by molar-refractivity contribution is -0.153. The van der Waals surface area contributed by atoms with E-state index in [-0.39, 0.29) is 43.0 Å². The number of nitrogens with one attached hydrogen (secondary N) is 4. The second-order valence-corrected chi connectivity index (χ2v) is 18.3. The number of rotatable bonds is 20. The van der Waals surface area contributed by atoms with E-state index in [2.05, 4.69) is 36.1 Å². The van der Waals surface area contributed by atoms with Crippen LogP contribution in [0, 0.1) is 5.92 Å². The van der Waals surface area contributed by atoms with Crippen LogP contribution in [0.15, 0.2) is 103 Å². The first-order valence-electron chi connectivity index (χ1n) is 22.8. The summed E-state index contributed by atoms with van der Waals surface area (Å²) in [6, 6.07) is 26.7. The largest absolute Gasteiger partial charge is 0.461 e. The molecule has 6 rings (SSSR count). The second kappa shape index (κ2) is 23.3. The van der Waals surface area contributed by atoms with E-state index >= 15 is 0 Å².